The minimum Gasteiger partial charge on any atom is -0.484 e. The fraction of sp³-hybridized carbons (Fsp3) is 0.452. The first-order valence-corrected chi connectivity index (χ1v) is 19.4. The van der Waals surface area contributed by atoms with Crippen LogP contribution >= 0.6 is 0 Å². The number of hydrogen-bond donors (Lipinski definition) is 3. The molecule has 0 saturated carbocycles. The lowest BCUT2D eigenvalue weighted by Gasteiger charge is -2.33. The monoisotopic (exact) mass is 749 g/mol. The predicted molar refractivity (Wildman–Crippen MR) is 215 cm³/mol. The van der Waals surface area contributed by atoms with Crippen LogP contribution in [0.25, 0.3) is 11.3 Å². The first-order chi connectivity index (χ1) is 26.5. The number of ether oxygens (including phenoxy) is 1. The summed E-state index contributed by atoms with van der Waals surface area (Å²) < 4.78 is 10.6. The Kier molecular flexibility index (Phi) is 12.4. The van der Waals surface area contributed by atoms with Gasteiger partial charge in [0, 0.05) is 30.6 Å². The smallest absolute Gasteiger partial charge is 0.320 e. The molecule has 5 aromatic rings. The van der Waals surface area contributed by atoms with Crippen molar-refractivity contribution in [2.24, 2.45) is 0 Å². The first-order valence-electron chi connectivity index (χ1n) is 19.4. The van der Waals surface area contributed by atoms with Crippen molar-refractivity contribution in [3.05, 3.63) is 95.3 Å². The lowest BCUT2D eigenvalue weighted by Crippen LogP contribution is -2.38. The molecule has 13 nitrogen and oxygen atoms in total. The van der Waals surface area contributed by atoms with Crippen molar-refractivity contribution in [3.8, 4) is 11.4 Å². The number of hydrogen-bond acceptors (Lipinski definition) is 8. The van der Waals surface area contributed by atoms with E-state index in [9.17, 15) is 4.79 Å². The molecule has 13 heteroatoms. The van der Waals surface area contributed by atoms with Gasteiger partial charge in [-0.05, 0) is 100.0 Å². The van der Waals surface area contributed by atoms with E-state index in [1.165, 1.54) is 12.0 Å². The predicted octanol–water partition coefficient (Wildman–Crippen LogP) is 7.56. The number of piperidine rings is 1. The van der Waals surface area contributed by atoms with Gasteiger partial charge in [-0.15, -0.1) is 10.2 Å². The topological polar surface area (TPSA) is 142 Å². The van der Waals surface area contributed by atoms with Crippen LogP contribution in [0.2, 0.25) is 0 Å². The Morgan fingerprint density at radius 3 is 2.55 bits per heavy atom. The zero-order valence-corrected chi connectivity index (χ0v) is 32.9. The highest BCUT2D eigenvalue weighted by Gasteiger charge is 2.31. The number of carbonyl (C=O) groups is 2. The van der Waals surface area contributed by atoms with Gasteiger partial charge in [-0.25, -0.2) is 9.48 Å². The Bertz CT molecular complexity index is 2070. The Labute approximate surface area is 323 Å². The third-order valence-corrected chi connectivity index (χ3v) is 10.6. The van der Waals surface area contributed by atoms with Gasteiger partial charge in [0.15, 0.2) is 5.65 Å². The SMILES string of the molecule is CCN(C)CCc1cccc(-n2nc(C(C)(C)C)cc2NC(=O)N[C@H]2CC[C@@H](Oc3ccc4nnc(N5CCCC[C@@H]5C)n4c3)c3ccccc32)c1.O=CO. The molecule has 1 saturated heterocycles. The van der Waals surface area contributed by atoms with Crippen molar-refractivity contribution in [1.29, 1.82) is 0 Å². The van der Waals surface area contributed by atoms with Crippen LogP contribution in [0.15, 0.2) is 72.9 Å². The average Bonchev–Trinajstić information content (AvgIpc) is 3.80. The highest BCUT2D eigenvalue weighted by atomic mass is 16.5. The largest absolute Gasteiger partial charge is 0.484 e. The molecular weight excluding hydrogens is 695 g/mol. The Morgan fingerprint density at radius 2 is 1.80 bits per heavy atom. The molecule has 0 unspecified atom stereocenters. The van der Waals surface area contributed by atoms with Crippen LogP contribution in [0.3, 0.4) is 0 Å². The van der Waals surface area contributed by atoms with E-state index in [0.29, 0.717) is 11.9 Å². The van der Waals surface area contributed by atoms with Crippen LogP contribution in [0, 0.1) is 0 Å². The molecule has 0 radical (unpaired) electrons. The third kappa shape index (κ3) is 9.27. The highest BCUT2D eigenvalue weighted by Crippen LogP contribution is 2.39. The van der Waals surface area contributed by atoms with Gasteiger partial charge in [-0.3, -0.25) is 14.5 Å². The number of carboxylic acid groups (broad SMARTS) is 1. The van der Waals surface area contributed by atoms with Gasteiger partial charge in [0.1, 0.15) is 17.7 Å². The molecule has 2 aliphatic rings. The summed E-state index contributed by atoms with van der Waals surface area (Å²) in [5.41, 5.74) is 5.83. The second-order valence-electron chi connectivity index (χ2n) is 15.6. The molecule has 3 aromatic heterocycles. The number of aromatic nitrogens is 5. The summed E-state index contributed by atoms with van der Waals surface area (Å²) in [4.78, 5) is 26.8. The summed E-state index contributed by atoms with van der Waals surface area (Å²) in [5, 5.41) is 27.3. The third-order valence-electron chi connectivity index (χ3n) is 10.6. The van der Waals surface area contributed by atoms with E-state index in [0.717, 1.165) is 91.6 Å². The lowest BCUT2D eigenvalue weighted by atomic mass is 9.85. The van der Waals surface area contributed by atoms with Gasteiger partial charge in [0.25, 0.3) is 6.47 Å². The van der Waals surface area contributed by atoms with Crippen LogP contribution in [-0.2, 0) is 16.6 Å². The fourth-order valence-electron chi connectivity index (χ4n) is 7.37. The molecular formula is C42H55N9O4. The van der Waals surface area contributed by atoms with Crippen molar-refractivity contribution in [2.45, 2.75) is 96.7 Å². The number of nitrogens with zero attached hydrogens (tertiary/aromatic N) is 7. The highest BCUT2D eigenvalue weighted by molar-refractivity contribution is 5.89. The van der Waals surface area contributed by atoms with Crippen LogP contribution in [-0.4, -0.2) is 79.6 Å². The van der Waals surface area contributed by atoms with Gasteiger partial charge in [0.05, 0.1) is 23.6 Å². The zero-order chi connectivity index (χ0) is 39.1. The first kappa shape index (κ1) is 39.3. The van der Waals surface area contributed by atoms with Crippen LogP contribution < -0.4 is 20.3 Å². The van der Waals surface area contributed by atoms with Crippen LogP contribution in [0.1, 0.15) is 101 Å². The quantitative estimate of drug-likeness (QED) is 0.123. The van der Waals surface area contributed by atoms with Crippen molar-refractivity contribution in [2.75, 3.05) is 36.9 Å². The number of urea groups is 1. The summed E-state index contributed by atoms with van der Waals surface area (Å²) >= 11 is 0. The number of rotatable bonds is 10. The van der Waals surface area contributed by atoms with Crippen molar-refractivity contribution < 1.29 is 19.4 Å². The number of likely N-dealkylation sites (N-methyl/N-ethyl adjacent to an activating group) is 1. The Balaban J connectivity index is 0.00000166. The molecule has 2 amide bonds. The average molecular weight is 750 g/mol. The van der Waals surface area contributed by atoms with Crippen LogP contribution in [0.5, 0.6) is 5.75 Å². The number of nitrogens with one attached hydrogen (secondary N) is 2. The Morgan fingerprint density at radius 1 is 1.02 bits per heavy atom. The van der Waals surface area contributed by atoms with Crippen molar-refractivity contribution in [1.82, 2.24) is 34.6 Å². The number of pyridine rings is 1. The summed E-state index contributed by atoms with van der Waals surface area (Å²) in [6.45, 7) is 13.6. The molecule has 0 bridgehead atoms. The number of carbonyl (C=O) groups excluding carboxylic acids is 1. The normalized spacial score (nSPS) is 18.3. The second-order valence-corrected chi connectivity index (χ2v) is 15.6. The van der Waals surface area contributed by atoms with Crippen molar-refractivity contribution in [3.63, 3.8) is 0 Å². The summed E-state index contributed by atoms with van der Waals surface area (Å²) in [6, 6.07) is 22.6. The maximum atomic E-state index is 13.7. The maximum absolute atomic E-state index is 13.7. The second kappa shape index (κ2) is 17.4. The van der Waals surface area contributed by atoms with E-state index in [1.807, 2.05) is 47.3 Å². The summed E-state index contributed by atoms with van der Waals surface area (Å²) in [6.07, 6.45) is 7.86. The number of fused-ring (bicyclic) bond motifs is 2. The number of anilines is 2. The van der Waals surface area contributed by atoms with Crippen molar-refractivity contribution >= 4 is 29.9 Å². The van der Waals surface area contributed by atoms with Gasteiger partial charge in [0.2, 0.25) is 5.95 Å². The lowest BCUT2D eigenvalue weighted by molar-refractivity contribution is -0.122. The molecule has 7 rings (SSSR count). The number of amides is 2. The summed E-state index contributed by atoms with van der Waals surface area (Å²) in [7, 11) is 2.14. The molecule has 2 aromatic carbocycles. The minimum absolute atomic E-state index is 0.149. The molecule has 4 heterocycles. The van der Waals surface area contributed by atoms with Gasteiger partial charge in [-0.1, -0.05) is 64.1 Å². The van der Waals surface area contributed by atoms with E-state index >= 15 is 0 Å². The van der Waals surface area contributed by atoms with Gasteiger partial charge < -0.3 is 25.0 Å². The zero-order valence-electron chi connectivity index (χ0n) is 32.9. The minimum atomic E-state index is -0.265. The van der Waals surface area contributed by atoms with E-state index in [1.54, 1.807) is 0 Å². The molecule has 292 valence electrons. The fourth-order valence-corrected chi connectivity index (χ4v) is 7.37. The van der Waals surface area contributed by atoms with E-state index in [4.69, 9.17) is 19.7 Å². The molecule has 1 aliphatic carbocycles. The number of benzene rings is 2. The molecule has 55 heavy (non-hydrogen) atoms. The van der Waals surface area contributed by atoms with E-state index < -0.39 is 0 Å². The van der Waals surface area contributed by atoms with E-state index in [2.05, 4.69) is 107 Å². The maximum Gasteiger partial charge on any atom is 0.320 e. The van der Waals surface area contributed by atoms with Crippen LogP contribution in [0.4, 0.5) is 16.6 Å². The molecule has 3 N–H and O–H groups in total. The molecule has 1 fully saturated rings. The molecule has 1 aliphatic heterocycles. The Hall–Kier alpha value is -5.43. The standard InChI is InChI=1S/C41H53N9O2.CH2O2/c1-7-47(6)24-22-29-14-12-15-30(25-29)50-38(26-36(46-50)41(3,4)5)43-39(51)42-34-19-20-35(33-17-9-8-16-32(33)34)52-31-18-21-37-44-45-40(49(37)27-31)48-23-11-10-13-28(48)2;2-1-3/h8-9,12,14-18,21,25-28,34-35H,7,10-11,13,19-20,22-24H2,1-6H3,(H2,42,43,51);1H,(H,2,3)/t28-,34-,35+;/m0./s1. The summed E-state index contributed by atoms with van der Waals surface area (Å²) in [5.74, 6) is 2.28. The molecule has 0 spiro atoms. The van der Waals surface area contributed by atoms with E-state index in [-0.39, 0.29) is 30.1 Å². The molecule has 3 atom stereocenters. The van der Waals surface area contributed by atoms with Gasteiger partial charge >= 0.3 is 6.03 Å². The van der Waals surface area contributed by atoms with Gasteiger partial charge in [-0.2, -0.15) is 5.10 Å².